The summed E-state index contributed by atoms with van der Waals surface area (Å²) in [7, 11) is -2.40. The zero-order valence-electron chi connectivity index (χ0n) is 11.9. The lowest BCUT2D eigenvalue weighted by Gasteiger charge is -2.25. The second-order valence-corrected chi connectivity index (χ2v) is 7.06. The minimum Gasteiger partial charge on any atom is -0.478 e. The Balaban J connectivity index is 2.37. The van der Waals surface area contributed by atoms with E-state index >= 15 is 0 Å². The Hall–Kier alpha value is -1.60. The zero-order valence-corrected chi connectivity index (χ0v) is 12.7. The van der Waals surface area contributed by atoms with Gasteiger partial charge in [0, 0.05) is 6.04 Å². The predicted molar refractivity (Wildman–Crippen MR) is 80.1 cm³/mol. The van der Waals surface area contributed by atoms with Crippen LogP contribution in [0.3, 0.4) is 0 Å². The van der Waals surface area contributed by atoms with Crippen molar-refractivity contribution in [3.63, 3.8) is 0 Å². The van der Waals surface area contributed by atoms with E-state index in [-0.39, 0.29) is 16.5 Å². The van der Waals surface area contributed by atoms with E-state index in [9.17, 15) is 13.2 Å². The highest BCUT2D eigenvalue weighted by molar-refractivity contribution is 7.89. The Morgan fingerprint density at radius 1 is 1.24 bits per heavy atom. The summed E-state index contributed by atoms with van der Waals surface area (Å²) in [6.07, 6.45) is 5.45. The van der Waals surface area contributed by atoms with Crippen LogP contribution in [0.25, 0.3) is 0 Å². The van der Waals surface area contributed by atoms with Crippen LogP contribution < -0.4 is 10.0 Å². The van der Waals surface area contributed by atoms with Crippen LogP contribution in [0.1, 0.15) is 42.5 Å². The average Bonchev–Trinajstić information content (AvgIpc) is 2.48. The van der Waals surface area contributed by atoms with Crippen LogP contribution in [0.4, 0.5) is 5.69 Å². The quantitative estimate of drug-likeness (QED) is 0.773. The van der Waals surface area contributed by atoms with Crippen LogP contribution in [0.2, 0.25) is 0 Å². The number of aromatic carboxylic acids is 1. The molecule has 7 heteroatoms. The monoisotopic (exact) mass is 312 g/mol. The van der Waals surface area contributed by atoms with Gasteiger partial charge in [0.1, 0.15) is 4.90 Å². The molecule has 1 aliphatic carbocycles. The molecule has 2 rings (SSSR count). The Morgan fingerprint density at radius 2 is 1.90 bits per heavy atom. The number of benzene rings is 1. The third kappa shape index (κ3) is 3.74. The van der Waals surface area contributed by atoms with Gasteiger partial charge in [-0.3, -0.25) is 0 Å². The molecule has 1 saturated carbocycles. The van der Waals surface area contributed by atoms with Crippen molar-refractivity contribution in [2.75, 3.05) is 12.4 Å². The summed E-state index contributed by atoms with van der Waals surface area (Å²) in [6, 6.07) is 4.38. The molecule has 0 saturated heterocycles. The van der Waals surface area contributed by atoms with Crippen molar-refractivity contribution in [2.24, 2.45) is 0 Å². The molecule has 6 nitrogen and oxygen atoms in total. The summed E-state index contributed by atoms with van der Waals surface area (Å²) in [5, 5.41) is 12.3. The molecule has 0 spiro atoms. The number of sulfonamides is 1. The fourth-order valence-corrected chi connectivity index (χ4v) is 3.49. The van der Waals surface area contributed by atoms with E-state index < -0.39 is 16.0 Å². The molecule has 0 unspecified atom stereocenters. The first kappa shape index (κ1) is 15.8. The van der Waals surface area contributed by atoms with Gasteiger partial charge in [0.15, 0.2) is 0 Å². The molecule has 21 heavy (non-hydrogen) atoms. The summed E-state index contributed by atoms with van der Waals surface area (Å²) in [5.74, 6) is -1.15. The first-order chi connectivity index (χ1) is 9.94. The number of anilines is 1. The van der Waals surface area contributed by atoms with Gasteiger partial charge >= 0.3 is 5.97 Å². The van der Waals surface area contributed by atoms with Crippen molar-refractivity contribution in [1.82, 2.24) is 4.72 Å². The van der Waals surface area contributed by atoms with Crippen LogP contribution in [0.5, 0.6) is 0 Å². The molecule has 0 heterocycles. The van der Waals surface area contributed by atoms with E-state index in [2.05, 4.69) is 10.0 Å². The number of nitrogens with one attached hydrogen (secondary N) is 2. The third-order valence-corrected chi connectivity index (χ3v) is 5.21. The molecule has 0 amide bonds. The van der Waals surface area contributed by atoms with Gasteiger partial charge in [-0.1, -0.05) is 19.3 Å². The molecule has 116 valence electrons. The summed E-state index contributed by atoms with van der Waals surface area (Å²) in [4.78, 5) is 11.0. The maximum Gasteiger partial charge on any atom is 0.335 e. The van der Waals surface area contributed by atoms with Crippen molar-refractivity contribution >= 4 is 21.7 Å². The highest BCUT2D eigenvalue weighted by atomic mass is 32.2. The maximum absolute atomic E-state index is 12.1. The van der Waals surface area contributed by atoms with Crippen LogP contribution in [0.15, 0.2) is 23.1 Å². The van der Waals surface area contributed by atoms with E-state index in [0.717, 1.165) is 25.7 Å². The summed E-state index contributed by atoms with van der Waals surface area (Å²) < 4.78 is 26.4. The number of hydrogen-bond donors (Lipinski definition) is 3. The Morgan fingerprint density at radius 3 is 2.48 bits per heavy atom. The molecule has 1 fully saturated rings. The van der Waals surface area contributed by atoms with Crippen molar-refractivity contribution in [3.05, 3.63) is 23.8 Å². The van der Waals surface area contributed by atoms with Gasteiger partial charge in [-0.25, -0.2) is 17.9 Å². The minimum absolute atomic E-state index is 0.0181. The smallest absolute Gasteiger partial charge is 0.335 e. The average molecular weight is 312 g/mol. The van der Waals surface area contributed by atoms with Gasteiger partial charge < -0.3 is 10.4 Å². The second kappa shape index (κ2) is 6.44. The number of carbonyl (C=O) groups is 1. The van der Waals surface area contributed by atoms with E-state index in [1.54, 1.807) is 0 Å². The molecule has 1 aliphatic rings. The first-order valence-electron chi connectivity index (χ1n) is 7.01. The molecule has 0 bridgehead atoms. The zero-order chi connectivity index (χ0) is 15.5. The second-order valence-electron chi connectivity index (χ2n) is 5.20. The lowest BCUT2D eigenvalue weighted by molar-refractivity contribution is 0.0696. The maximum atomic E-state index is 12.1. The van der Waals surface area contributed by atoms with Gasteiger partial charge in [0.2, 0.25) is 10.0 Å². The van der Waals surface area contributed by atoms with Crippen LogP contribution in [-0.2, 0) is 10.0 Å². The summed E-state index contributed by atoms with van der Waals surface area (Å²) in [6.45, 7) is 0. The molecule has 3 N–H and O–H groups in total. The highest BCUT2D eigenvalue weighted by Crippen LogP contribution is 2.27. The van der Waals surface area contributed by atoms with Crippen molar-refractivity contribution in [1.29, 1.82) is 0 Å². The fourth-order valence-electron chi connectivity index (χ4n) is 2.57. The van der Waals surface area contributed by atoms with Crippen LogP contribution >= 0.6 is 0 Å². The van der Waals surface area contributed by atoms with Gasteiger partial charge in [-0.05, 0) is 38.1 Å². The lowest BCUT2D eigenvalue weighted by atomic mass is 9.95. The van der Waals surface area contributed by atoms with Crippen LogP contribution in [-0.4, -0.2) is 32.6 Å². The number of rotatable bonds is 5. The van der Waals surface area contributed by atoms with Gasteiger partial charge in [0.25, 0.3) is 0 Å². The molecule has 0 atom stereocenters. The van der Waals surface area contributed by atoms with E-state index in [0.29, 0.717) is 5.69 Å². The number of carboxylic acid groups (broad SMARTS) is 1. The molecule has 0 aromatic heterocycles. The molecule has 0 radical (unpaired) electrons. The molecular formula is C14H20N2O4S. The molecular weight excluding hydrogens is 292 g/mol. The first-order valence-corrected chi connectivity index (χ1v) is 8.50. The summed E-state index contributed by atoms with van der Waals surface area (Å²) in [5.41, 5.74) is 0.416. The third-order valence-electron chi connectivity index (χ3n) is 3.75. The standard InChI is InChI=1S/C14H20N2O4S/c1-15-21(19,20)13-9-10(14(17)18)7-8-12(13)16-11-5-3-2-4-6-11/h7-9,11,15-16H,2-6H2,1H3,(H,17,18). The van der Waals surface area contributed by atoms with Gasteiger partial charge in [-0.15, -0.1) is 0 Å². The van der Waals surface area contributed by atoms with Crippen molar-refractivity contribution < 1.29 is 18.3 Å². The fraction of sp³-hybridized carbons (Fsp3) is 0.500. The van der Waals surface area contributed by atoms with E-state index in [4.69, 9.17) is 5.11 Å². The Bertz CT molecular complexity index is 622. The van der Waals surface area contributed by atoms with E-state index in [1.807, 2.05) is 0 Å². The van der Waals surface area contributed by atoms with Crippen LogP contribution in [0, 0.1) is 0 Å². The Labute approximate surface area is 124 Å². The highest BCUT2D eigenvalue weighted by Gasteiger charge is 2.22. The van der Waals surface area contributed by atoms with E-state index in [1.165, 1.54) is 31.7 Å². The predicted octanol–water partition coefficient (Wildman–Crippen LogP) is 2.04. The SMILES string of the molecule is CNS(=O)(=O)c1cc(C(=O)O)ccc1NC1CCCCC1. The molecule has 1 aromatic rings. The number of hydrogen-bond acceptors (Lipinski definition) is 4. The normalized spacial score (nSPS) is 16.6. The minimum atomic E-state index is -3.71. The Kier molecular flexibility index (Phi) is 4.84. The van der Waals surface area contributed by atoms with Crippen molar-refractivity contribution in [3.8, 4) is 0 Å². The largest absolute Gasteiger partial charge is 0.478 e. The van der Waals surface area contributed by atoms with Gasteiger partial charge in [0.05, 0.1) is 11.3 Å². The van der Waals surface area contributed by atoms with Crippen molar-refractivity contribution in [2.45, 2.75) is 43.0 Å². The summed E-state index contributed by atoms with van der Waals surface area (Å²) >= 11 is 0. The lowest BCUT2D eigenvalue weighted by Crippen LogP contribution is -2.26. The number of carboxylic acids is 1. The molecule has 1 aromatic carbocycles. The topological polar surface area (TPSA) is 95.5 Å². The molecule has 0 aliphatic heterocycles. The van der Waals surface area contributed by atoms with Gasteiger partial charge in [-0.2, -0.15) is 0 Å².